The molecule has 0 aliphatic carbocycles. The van der Waals surface area contributed by atoms with Crippen LogP contribution in [0.1, 0.15) is 18.2 Å². The number of benzene rings is 1. The van der Waals surface area contributed by atoms with E-state index in [9.17, 15) is 4.39 Å². The van der Waals surface area contributed by atoms with Crippen LogP contribution in [-0.4, -0.2) is 26.2 Å². The fourth-order valence-electron chi connectivity index (χ4n) is 2.08. The minimum Gasteiger partial charge on any atom is -0.494 e. The molecule has 0 fully saturated rings. The van der Waals surface area contributed by atoms with E-state index < -0.39 is 0 Å². The van der Waals surface area contributed by atoms with Gasteiger partial charge < -0.3 is 19.8 Å². The molecule has 1 aromatic heterocycles. The molecule has 5 nitrogen and oxygen atoms in total. The minimum absolute atomic E-state index is 0.237. The molecule has 0 aliphatic heterocycles. The van der Waals surface area contributed by atoms with Crippen LogP contribution in [0.3, 0.4) is 0 Å². The molecule has 0 spiro atoms. The quantitative estimate of drug-likeness (QED) is 0.608. The fourth-order valence-corrected chi connectivity index (χ4v) is 2.08. The maximum atomic E-state index is 13.7. The first-order chi connectivity index (χ1) is 11.2. The first-order valence-corrected chi connectivity index (χ1v) is 7.60. The number of ether oxygens (including phenoxy) is 1. The topological polar surface area (TPSA) is 58.8 Å². The summed E-state index contributed by atoms with van der Waals surface area (Å²) in [6.07, 6.45) is 2.43. The lowest BCUT2D eigenvalue weighted by molar-refractivity contribution is 0.386. The number of nitrogens with zero attached hydrogens (tertiary/aromatic N) is 1. The molecule has 0 saturated carbocycles. The Bertz CT molecular complexity index is 627. The van der Waals surface area contributed by atoms with Crippen LogP contribution in [0.5, 0.6) is 5.75 Å². The summed E-state index contributed by atoms with van der Waals surface area (Å²) in [5.41, 5.74) is 0.784. The molecule has 0 amide bonds. The van der Waals surface area contributed by atoms with Crippen LogP contribution in [-0.2, 0) is 13.0 Å². The molecule has 1 aromatic carbocycles. The van der Waals surface area contributed by atoms with Gasteiger partial charge in [-0.15, -0.1) is 0 Å². The van der Waals surface area contributed by atoms with Crippen LogP contribution in [0, 0.1) is 5.82 Å². The Hall–Kier alpha value is -2.50. The molecular weight excluding hydrogens is 297 g/mol. The highest BCUT2D eigenvalue weighted by molar-refractivity contribution is 5.79. The zero-order valence-corrected chi connectivity index (χ0v) is 13.4. The second-order valence-corrected chi connectivity index (χ2v) is 4.92. The van der Waals surface area contributed by atoms with E-state index in [0.29, 0.717) is 19.0 Å². The molecule has 1 heterocycles. The third-order valence-corrected chi connectivity index (χ3v) is 3.22. The SMILES string of the molecule is CCNC(=NCc1ccc(OC)c(F)c1)NCCc1ccco1. The van der Waals surface area contributed by atoms with Crippen molar-refractivity contribution >= 4 is 5.96 Å². The molecule has 0 atom stereocenters. The van der Waals surface area contributed by atoms with Crippen molar-refractivity contribution in [2.45, 2.75) is 19.9 Å². The first-order valence-electron chi connectivity index (χ1n) is 7.60. The first kappa shape index (κ1) is 16.9. The van der Waals surface area contributed by atoms with Crippen molar-refractivity contribution in [2.24, 2.45) is 4.99 Å². The maximum Gasteiger partial charge on any atom is 0.191 e. The average Bonchev–Trinajstić information content (AvgIpc) is 3.06. The van der Waals surface area contributed by atoms with Crippen molar-refractivity contribution in [1.29, 1.82) is 0 Å². The molecule has 2 aromatic rings. The molecule has 0 saturated heterocycles. The van der Waals surface area contributed by atoms with E-state index in [-0.39, 0.29) is 11.6 Å². The summed E-state index contributed by atoms with van der Waals surface area (Å²) in [6.45, 7) is 3.84. The second-order valence-electron chi connectivity index (χ2n) is 4.92. The largest absolute Gasteiger partial charge is 0.494 e. The molecular formula is C17H22FN3O2. The van der Waals surface area contributed by atoms with E-state index in [1.165, 1.54) is 13.2 Å². The van der Waals surface area contributed by atoms with E-state index in [1.54, 1.807) is 18.4 Å². The Kier molecular flexibility index (Phi) is 6.47. The van der Waals surface area contributed by atoms with Crippen molar-refractivity contribution < 1.29 is 13.5 Å². The van der Waals surface area contributed by atoms with Gasteiger partial charge in [-0.25, -0.2) is 9.38 Å². The lowest BCUT2D eigenvalue weighted by atomic mass is 10.2. The molecule has 2 N–H and O–H groups in total. The van der Waals surface area contributed by atoms with Gasteiger partial charge in [0, 0.05) is 19.5 Å². The van der Waals surface area contributed by atoms with Crippen LogP contribution >= 0.6 is 0 Å². The lowest BCUT2D eigenvalue weighted by Crippen LogP contribution is -2.38. The molecule has 0 aliphatic rings. The Labute approximate surface area is 135 Å². The number of aliphatic imine (C=N–C) groups is 1. The van der Waals surface area contributed by atoms with Gasteiger partial charge in [0.1, 0.15) is 5.76 Å². The predicted octanol–water partition coefficient (Wildman–Crippen LogP) is 2.73. The minimum atomic E-state index is -0.379. The van der Waals surface area contributed by atoms with Gasteiger partial charge in [-0.05, 0) is 36.8 Å². The summed E-state index contributed by atoms with van der Waals surface area (Å²) in [5.74, 6) is 1.47. The van der Waals surface area contributed by atoms with E-state index in [1.807, 2.05) is 19.1 Å². The van der Waals surface area contributed by atoms with Gasteiger partial charge in [-0.2, -0.15) is 0 Å². The van der Waals surface area contributed by atoms with Crippen molar-refractivity contribution in [3.63, 3.8) is 0 Å². The standard InChI is InChI=1S/C17H22FN3O2/c1-3-19-17(20-9-8-14-5-4-10-23-14)21-12-13-6-7-16(22-2)15(18)11-13/h4-7,10-11H,3,8-9,12H2,1-2H3,(H2,19,20,21). The number of hydrogen-bond acceptors (Lipinski definition) is 3. The average molecular weight is 319 g/mol. The number of rotatable bonds is 7. The highest BCUT2D eigenvalue weighted by Crippen LogP contribution is 2.18. The summed E-state index contributed by atoms with van der Waals surface area (Å²) >= 11 is 0. The van der Waals surface area contributed by atoms with Crippen molar-refractivity contribution in [3.8, 4) is 5.75 Å². The fraction of sp³-hybridized carbons (Fsp3) is 0.353. The van der Waals surface area contributed by atoms with E-state index >= 15 is 0 Å². The number of guanidine groups is 1. The van der Waals surface area contributed by atoms with Crippen LogP contribution in [0.2, 0.25) is 0 Å². The molecule has 0 unspecified atom stereocenters. The zero-order chi connectivity index (χ0) is 16.5. The van der Waals surface area contributed by atoms with Gasteiger partial charge in [0.25, 0.3) is 0 Å². The van der Waals surface area contributed by atoms with Crippen LogP contribution in [0.25, 0.3) is 0 Å². The van der Waals surface area contributed by atoms with Crippen molar-refractivity contribution in [1.82, 2.24) is 10.6 Å². The van der Waals surface area contributed by atoms with Gasteiger partial charge in [-0.3, -0.25) is 0 Å². The Morgan fingerprint density at radius 1 is 1.30 bits per heavy atom. The van der Waals surface area contributed by atoms with E-state index in [0.717, 1.165) is 24.3 Å². The summed E-state index contributed by atoms with van der Waals surface area (Å²) in [5, 5.41) is 6.39. The monoisotopic (exact) mass is 319 g/mol. The van der Waals surface area contributed by atoms with Crippen molar-refractivity contribution in [2.75, 3.05) is 20.2 Å². The van der Waals surface area contributed by atoms with Crippen LogP contribution < -0.4 is 15.4 Å². The maximum absolute atomic E-state index is 13.7. The van der Waals surface area contributed by atoms with Gasteiger partial charge in [-0.1, -0.05) is 6.07 Å². The summed E-state index contributed by atoms with van der Waals surface area (Å²) < 4.78 is 23.9. The second kappa shape index (κ2) is 8.82. The van der Waals surface area contributed by atoms with Crippen molar-refractivity contribution in [3.05, 3.63) is 53.7 Å². The molecule has 23 heavy (non-hydrogen) atoms. The summed E-state index contributed by atoms with van der Waals surface area (Å²) in [4.78, 5) is 4.46. The molecule has 124 valence electrons. The number of nitrogens with one attached hydrogen (secondary N) is 2. The molecule has 6 heteroatoms. The van der Waals surface area contributed by atoms with Crippen LogP contribution in [0.15, 0.2) is 46.0 Å². The number of furan rings is 1. The van der Waals surface area contributed by atoms with Gasteiger partial charge in [0.2, 0.25) is 0 Å². The molecule has 0 radical (unpaired) electrons. The summed E-state index contributed by atoms with van der Waals surface area (Å²) in [7, 11) is 1.45. The van der Waals surface area contributed by atoms with E-state index in [2.05, 4.69) is 15.6 Å². The van der Waals surface area contributed by atoms with Gasteiger partial charge in [0.15, 0.2) is 17.5 Å². The Morgan fingerprint density at radius 3 is 2.83 bits per heavy atom. The van der Waals surface area contributed by atoms with Crippen LogP contribution in [0.4, 0.5) is 4.39 Å². The highest BCUT2D eigenvalue weighted by atomic mass is 19.1. The normalized spacial score (nSPS) is 11.3. The number of methoxy groups -OCH3 is 1. The summed E-state index contributed by atoms with van der Waals surface area (Å²) in [6, 6.07) is 8.66. The van der Waals surface area contributed by atoms with Gasteiger partial charge >= 0.3 is 0 Å². The molecule has 2 rings (SSSR count). The smallest absolute Gasteiger partial charge is 0.191 e. The zero-order valence-electron chi connectivity index (χ0n) is 13.4. The highest BCUT2D eigenvalue weighted by Gasteiger charge is 2.04. The number of halogens is 1. The lowest BCUT2D eigenvalue weighted by Gasteiger charge is -2.11. The Morgan fingerprint density at radius 2 is 2.17 bits per heavy atom. The van der Waals surface area contributed by atoms with Gasteiger partial charge in [0.05, 0.1) is 19.9 Å². The molecule has 0 bridgehead atoms. The number of hydrogen-bond donors (Lipinski definition) is 2. The third-order valence-electron chi connectivity index (χ3n) is 3.22. The van der Waals surface area contributed by atoms with E-state index in [4.69, 9.17) is 9.15 Å². The predicted molar refractivity (Wildman–Crippen MR) is 88.2 cm³/mol. The Balaban J connectivity index is 1.90. The third kappa shape index (κ3) is 5.32.